The summed E-state index contributed by atoms with van der Waals surface area (Å²) in [5.41, 5.74) is 2.29. The number of amides is 3. The van der Waals surface area contributed by atoms with Crippen molar-refractivity contribution < 1.29 is 14.4 Å². The van der Waals surface area contributed by atoms with Gasteiger partial charge in [0.1, 0.15) is 12.6 Å². The van der Waals surface area contributed by atoms with Crippen LogP contribution in [0.3, 0.4) is 0 Å². The molecule has 0 radical (unpaired) electrons. The maximum absolute atomic E-state index is 13.2. The van der Waals surface area contributed by atoms with Gasteiger partial charge in [0.05, 0.1) is 11.3 Å². The fourth-order valence-corrected chi connectivity index (χ4v) is 4.02. The lowest BCUT2D eigenvalue weighted by Gasteiger charge is -2.25. The van der Waals surface area contributed by atoms with Crippen molar-refractivity contribution in [2.45, 2.75) is 25.8 Å². The number of halogens is 1. The highest BCUT2D eigenvalue weighted by Crippen LogP contribution is 2.32. The molecule has 28 heavy (non-hydrogen) atoms. The summed E-state index contributed by atoms with van der Waals surface area (Å²) in [6.07, 6.45) is 1.40. The molecule has 2 aliphatic rings. The molecule has 1 fully saturated rings. The minimum absolute atomic E-state index is 0.153. The first kappa shape index (κ1) is 18.5. The maximum Gasteiger partial charge on any atom is 0.256 e. The monoisotopic (exact) mass is 397 g/mol. The number of rotatable bonds is 3. The topological polar surface area (TPSA) is 69.7 Å². The Morgan fingerprint density at radius 2 is 1.96 bits per heavy atom. The average molecular weight is 398 g/mol. The third kappa shape index (κ3) is 3.14. The first-order valence-corrected chi connectivity index (χ1v) is 9.61. The largest absolute Gasteiger partial charge is 0.327 e. The second-order valence-corrected chi connectivity index (χ2v) is 7.47. The van der Waals surface area contributed by atoms with Gasteiger partial charge in [-0.3, -0.25) is 14.4 Å². The van der Waals surface area contributed by atoms with E-state index in [9.17, 15) is 14.4 Å². The van der Waals surface area contributed by atoms with Gasteiger partial charge in [0.25, 0.3) is 5.91 Å². The highest BCUT2D eigenvalue weighted by Gasteiger charge is 2.42. The number of hydrogen-bond acceptors (Lipinski definition) is 3. The van der Waals surface area contributed by atoms with Gasteiger partial charge in [-0.1, -0.05) is 29.8 Å². The van der Waals surface area contributed by atoms with Crippen LogP contribution in [0.4, 0.5) is 11.4 Å². The fourth-order valence-electron chi connectivity index (χ4n) is 3.85. The molecule has 0 aliphatic carbocycles. The van der Waals surface area contributed by atoms with Gasteiger partial charge in [0.15, 0.2) is 0 Å². The molecule has 2 aromatic rings. The molecule has 3 amide bonds. The molecule has 2 aromatic carbocycles. The van der Waals surface area contributed by atoms with Gasteiger partial charge in [0.2, 0.25) is 11.8 Å². The van der Waals surface area contributed by atoms with Crippen molar-refractivity contribution in [2.24, 2.45) is 0 Å². The number of nitrogens with one attached hydrogen (secondary N) is 1. The first-order chi connectivity index (χ1) is 13.5. The van der Waals surface area contributed by atoms with Crippen LogP contribution in [0, 0.1) is 6.92 Å². The molecule has 0 unspecified atom stereocenters. The van der Waals surface area contributed by atoms with E-state index in [0.29, 0.717) is 34.9 Å². The lowest BCUT2D eigenvalue weighted by atomic mass is 10.1. The molecule has 0 bridgehead atoms. The van der Waals surface area contributed by atoms with Gasteiger partial charge in [-0.2, -0.15) is 0 Å². The van der Waals surface area contributed by atoms with Crippen LogP contribution < -0.4 is 10.2 Å². The number of carbonyl (C=O) groups excluding carboxylic acids is 3. The summed E-state index contributed by atoms with van der Waals surface area (Å²) in [4.78, 5) is 41.9. The summed E-state index contributed by atoms with van der Waals surface area (Å²) in [6, 6.07) is 11.7. The van der Waals surface area contributed by atoms with E-state index in [4.69, 9.17) is 11.6 Å². The minimum atomic E-state index is -0.513. The first-order valence-electron chi connectivity index (χ1n) is 9.23. The third-order valence-corrected chi connectivity index (χ3v) is 5.74. The summed E-state index contributed by atoms with van der Waals surface area (Å²) in [6.45, 7) is 2.21. The van der Waals surface area contributed by atoms with Crippen LogP contribution in [0.15, 0.2) is 42.5 Å². The van der Waals surface area contributed by atoms with E-state index in [0.717, 1.165) is 12.0 Å². The normalized spacial score (nSPS) is 18.6. The van der Waals surface area contributed by atoms with E-state index in [1.807, 2.05) is 6.92 Å². The molecule has 1 N–H and O–H groups in total. The predicted octanol–water partition coefficient (Wildman–Crippen LogP) is 3.24. The quantitative estimate of drug-likeness (QED) is 0.864. The molecule has 0 aromatic heterocycles. The minimum Gasteiger partial charge on any atom is -0.327 e. The summed E-state index contributed by atoms with van der Waals surface area (Å²) < 4.78 is 0. The second-order valence-electron chi connectivity index (χ2n) is 7.06. The molecule has 4 rings (SSSR count). The standard InChI is InChI=1S/C21H20ClN3O3/c1-13-15(22)7-4-8-16(13)23-19(26)12-25-17-9-3-2-6-14(17)20(27)24-11-5-10-18(24)21(25)28/h2-4,6-9,18H,5,10-12H2,1H3,(H,23,26)/t18-/m1/s1. The van der Waals surface area contributed by atoms with Crippen molar-refractivity contribution in [2.75, 3.05) is 23.3 Å². The molecular formula is C21H20ClN3O3. The van der Waals surface area contributed by atoms with Crippen molar-refractivity contribution >= 4 is 40.7 Å². The third-order valence-electron chi connectivity index (χ3n) is 5.33. The van der Waals surface area contributed by atoms with Crippen molar-refractivity contribution in [3.8, 4) is 0 Å². The zero-order chi connectivity index (χ0) is 19.8. The molecule has 7 heteroatoms. The van der Waals surface area contributed by atoms with E-state index in [2.05, 4.69) is 5.32 Å². The number of nitrogens with zero attached hydrogens (tertiary/aromatic N) is 2. The van der Waals surface area contributed by atoms with E-state index in [-0.39, 0.29) is 24.3 Å². The second kappa shape index (κ2) is 7.28. The molecule has 144 valence electrons. The van der Waals surface area contributed by atoms with Gasteiger partial charge in [-0.15, -0.1) is 0 Å². The van der Waals surface area contributed by atoms with Gasteiger partial charge >= 0.3 is 0 Å². The van der Waals surface area contributed by atoms with Crippen molar-refractivity contribution in [1.82, 2.24) is 4.90 Å². The molecular weight excluding hydrogens is 378 g/mol. The molecule has 0 saturated carbocycles. The van der Waals surface area contributed by atoms with Crippen molar-refractivity contribution in [3.05, 3.63) is 58.6 Å². The highest BCUT2D eigenvalue weighted by molar-refractivity contribution is 6.31. The lowest BCUT2D eigenvalue weighted by molar-refractivity contribution is -0.124. The Morgan fingerprint density at radius 3 is 2.79 bits per heavy atom. The van der Waals surface area contributed by atoms with Gasteiger partial charge in [0, 0.05) is 17.3 Å². The molecule has 6 nitrogen and oxygen atoms in total. The molecule has 0 spiro atoms. The number of fused-ring (bicyclic) bond motifs is 2. The van der Waals surface area contributed by atoms with Crippen LogP contribution in [0.2, 0.25) is 5.02 Å². The van der Waals surface area contributed by atoms with Gasteiger partial charge in [-0.05, 0) is 49.6 Å². The van der Waals surface area contributed by atoms with Crippen LogP contribution in [-0.4, -0.2) is 41.8 Å². The number of anilines is 2. The van der Waals surface area contributed by atoms with Crippen LogP contribution in [-0.2, 0) is 9.59 Å². The molecule has 2 heterocycles. The average Bonchev–Trinajstić information content (AvgIpc) is 3.16. The zero-order valence-electron chi connectivity index (χ0n) is 15.4. The van der Waals surface area contributed by atoms with Gasteiger partial charge in [-0.25, -0.2) is 0 Å². The van der Waals surface area contributed by atoms with Crippen LogP contribution in [0.25, 0.3) is 0 Å². The number of benzene rings is 2. The molecule has 1 atom stereocenters. The fraction of sp³-hybridized carbons (Fsp3) is 0.286. The van der Waals surface area contributed by atoms with Crippen molar-refractivity contribution in [3.63, 3.8) is 0 Å². The van der Waals surface area contributed by atoms with E-state index in [1.165, 1.54) is 4.90 Å². The Hall–Kier alpha value is -2.86. The Kier molecular flexibility index (Phi) is 4.81. The number of hydrogen-bond donors (Lipinski definition) is 1. The smallest absolute Gasteiger partial charge is 0.256 e. The molecule has 2 aliphatic heterocycles. The van der Waals surface area contributed by atoms with E-state index in [1.54, 1.807) is 47.4 Å². The number of carbonyl (C=O) groups is 3. The predicted molar refractivity (Wildman–Crippen MR) is 108 cm³/mol. The van der Waals surface area contributed by atoms with E-state index < -0.39 is 6.04 Å². The SMILES string of the molecule is Cc1c(Cl)cccc1NC(=O)CN1C(=O)[C@H]2CCCN2C(=O)c2ccccc21. The Morgan fingerprint density at radius 1 is 1.18 bits per heavy atom. The zero-order valence-corrected chi connectivity index (χ0v) is 16.2. The van der Waals surface area contributed by atoms with Gasteiger partial charge < -0.3 is 15.1 Å². The van der Waals surface area contributed by atoms with Crippen molar-refractivity contribution in [1.29, 1.82) is 0 Å². The maximum atomic E-state index is 13.2. The summed E-state index contributed by atoms with van der Waals surface area (Å²) in [7, 11) is 0. The summed E-state index contributed by atoms with van der Waals surface area (Å²) in [5, 5.41) is 3.38. The highest BCUT2D eigenvalue weighted by atomic mass is 35.5. The van der Waals surface area contributed by atoms with Crippen LogP contribution in [0.1, 0.15) is 28.8 Å². The Labute approximate surface area is 168 Å². The summed E-state index contributed by atoms with van der Waals surface area (Å²) >= 11 is 6.12. The van der Waals surface area contributed by atoms with Crippen LogP contribution >= 0.6 is 11.6 Å². The Bertz CT molecular complexity index is 975. The van der Waals surface area contributed by atoms with E-state index >= 15 is 0 Å². The summed E-state index contributed by atoms with van der Waals surface area (Å²) in [5.74, 6) is -0.707. The van der Waals surface area contributed by atoms with Crippen LogP contribution in [0.5, 0.6) is 0 Å². The lowest BCUT2D eigenvalue weighted by Crippen LogP contribution is -2.47. The Balaban J connectivity index is 1.64. The molecule has 1 saturated heterocycles. The number of para-hydroxylation sites is 1.